The predicted octanol–water partition coefficient (Wildman–Crippen LogP) is 3.70. The minimum absolute atomic E-state index is 0.0193. The van der Waals surface area contributed by atoms with Crippen LogP contribution < -0.4 is 4.74 Å². The van der Waals surface area contributed by atoms with Gasteiger partial charge >= 0.3 is 0 Å². The quantitative estimate of drug-likeness (QED) is 0.846. The third kappa shape index (κ3) is 2.79. The van der Waals surface area contributed by atoms with E-state index in [0.717, 1.165) is 31.3 Å². The summed E-state index contributed by atoms with van der Waals surface area (Å²) in [6, 6.07) is 7.26. The summed E-state index contributed by atoms with van der Waals surface area (Å²) in [6.45, 7) is 8.13. The van der Waals surface area contributed by atoms with Crippen molar-refractivity contribution in [2.24, 2.45) is 4.99 Å². The van der Waals surface area contributed by atoms with Crippen LogP contribution in [0.1, 0.15) is 44.7 Å². The topological polar surface area (TPSA) is 34.1 Å². The molecule has 0 amide bonds. The number of aliphatic imine (C=N–C) groups is 1. The molecule has 1 aromatic carbocycles. The standard InChI is InChI=1S/C20H26N2O2/c1-4-14-11-21-19-22(12-14)13-18(23-19)20(2,3)24-17-9-8-15-6-5-7-16(15)10-17/h8-11,18H,4-7,12-13H2,1-3H3/t18-/m0/s1. The van der Waals surface area contributed by atoms with Crippen molar-refractivity contribution >= 4 is 6.02 Å². The second-order valence-electron chi connectivity index (χ2n) is 7.53. The first kappa shape index (κ1) is 15.6. The number of aryl methyl sites for hydroxylation is 2. The van der Waals surface area contributed by atoms with Crippen LogP contribution in [0.5, 0.6) is 5.75 Å². The second kappa shape index (κ2) is 5.83. The Morgan fingerprint density at radius 3 is 2.96 bits per heavy atom. The van der Waals surface area contributed by atoms with Gasteiger partial charge in [0.25, 0.3) is 6.02 Å². The van der Waals surface area contributed by atoms with Gasteiger partial charge in [-0.25, -0.2) is 4.99 Å². The highest BCUT2D eigenvalue weighted by molar-refractivity contribution is 5.78. The summed E-state index contributed by atoms with van der Waals surface area (Å²) in [5.74, 6) is 0.948. The van der Waals surface area contributed by atoms with Crippen molar-refractivity contribution in [1.82, 2.24) is 4.90 Å². The van der Waals surface area contributed by atoms with Gasteiger partial charge in [0, 0.05) is 12.7 Å². The fraction of sp³-hybridized carbons (Fsp3) is 0.550. The number of hydrogen-bond acceptors (Lipinski definition) is 4. The lowest BCUT2D eigenvalue weighted by molar-refractivity contribution is -0.00356. The molecule has 0 unspecified atom stereocenters. The minimum atomic E-state index is -0.404. The first-order valence-corrected chi connectivity index (χ1v) is 9.03. The Morgan fingerprint density at radius 1 is 1.29 bits per heavy atom. The Kier molecular flexibility index (Phi) is 3.78. The summed E-state index contributed by atoms with van der Waals surface area (Å²) in [5.41, 5.74) is 3.86. The second-order valence-corrected chi connectivity index (χ2v) is 7.53. The molecular formula is C20H26N2O2. The summed E-state index contributed by atoms with van der Waals surface area (Å²) in [5, 5.41) is 0. The number of fused-ring (bicyclic) bond motifs is 2. The molecule has 0 radical (unpaired) electrons. The van der Waals surface area contributed by atoms with Crippen LogP contribution in [0.15, 0.2) is 35.0 Å². The van der Waals surface area contributed by atoms with Gasteiger partial charge in [-0.2, -0.15) is 0 Å². The first-order valence-electron chi connectivity index (χ1n) is 9.03. The van der Waals surface area contributed by atoms with Crippen LogP contribution >= 0.6 is 0 Å². The van der Waals surface area contributed by atoms with Gasteiger partial charge in [-0.3, -0.25) is 0 Å². The van der Waals surface area contributed by atoms with Crippen LogP contribution in [0.3, 0.4) is 0 Å². The van der Waals surface area contributed by atoms with E-state index in [9.17, 15) is 0 Å². The number of nitrogens with zero attached hydrogens (tertiary/aromatic N) is 2. The van der Waals surface area contributed by atoms with E-state index in [1.165, 1.54) is 36.0 Å². The molecule has 4 rings (SSSR count). The van der Waals surface area contributed by atoms with E-state index >= 15 is 0 Å². The molecule has 0 N–H and O–H groups in total. The van der Waals surface area contributed by atoms with Crippen molar-refractivity contribution in [3.8, 4) is 5.75 Å². The molecule has 3 aliphatic rings. The minimum Gasteiger partial charge on any atom is -0.484 e. The van der Waals surface area contributed by atoms with Crippen molar-refractivity contribution in [3.05, 3.63) is 41.1 Å². The molecular weight excluding hydrogens is 300 g/mol. The molecule has 0 saturated carbocycles. The third-order valence-electron chi connectivity index (χ3n) is 5.34. The van der Waals surface area contributed by atoms with Gasteiger partial charge in [-0.1, -0.05) is 13.0 Å². The molecule has 1 aliphatic carbocycles. The largest absolute Gasteiger partial charge is 0.484 e. The van der Waals surface area contributed by atoms with Gasteiger partial charge in [0.15, 0.2) is 6.10 Å². The maximum atomic E-state index is 6.35. The number of ether oxygens (including phenoxy) is 2. The Balaban J connectivity index is 1.46. The first-order chi connectivity index (χ1) is 11.5. The smallest absolute Gasteiger partial charge is 0.292 e. The molecule has 1 saturated heterocycles. The van der Waals surface area contributed by atoms with E-state index in [4.69, 9.17) is 9.47 Å². The van der Waals surface area contributed by atoms with E-state index in [1.54, 1.807) is 0 Å². The Bertz CT molecular complexity index is 706. The average molecular weight is 326 g/mol. The van der Waals surface area contributed by atoms with Crippen LogP contribution in [0.2, 0.25) is 0 Å². The predicted molar refractivity (Wildman–Crippen MR) is 95.4 cm³/mol. The molecule has 1 fully saturated rings. The van der Waals surface area contributed by atoms with Crippen LogP contribution in [0, 0.1) is 0 Å². The number of hydrogen-bond donors (Lipinski definition) is 0. The lowest BCUT2D eigenvalue weighted by Crippen LogP contribution is -2.44. The van der Waals surface area contributed by atoms with Gasteiger partial charge in [0.1, 0.15) is 11.4 Å². The number of amidine groups is 1. The van der Waals surface area contributed by atoms with Crippen LogP contribution in [0.25, 0.3) is 0 Å². The summed E-state index contributed by atoms with van der Waals surface area (Å²) in [7, 11) is 0. The van der Waals surface area contributed by atoms with Gasteiger partial charge in [-0.15, -0.1) is 0 Å². The highest BCUT2D eigenvalue weighted by Crippen LogP contribution is 2.32. The number of rotatable bonds is 4. The van der Waals surface area contributed by atoms with Gasteiger partial charge < -0.3 is 14.4 Å². The van der Waals surface area contributed by atoms with Crippen molar-refractivity contribution in [2.75, 3.05) is 13.1 Å². The fourth-order valence-corrected chi connectivity index (χ4v) is 3.74. The molecule has 2 aliphatic heterocycles. The maximum absolute atomic E-state index is 6.35. The van der Waals surface area contributed by atoms with Crippen molar-refractivity contribution < 1.29 is 9.47 Å². The summed E-state index contributed by atoms with van der Waals surface area (Å²) >= 11 is 0. The molecule has 1 atom stereocenters. The van der Waals surface area contributed by atoms with E-state index in [0.29, 0.717) is 0 Å². The zero-order valence-electron chi connectivity index (χ0n) is 14.8. The van der Waals surface area contributed by atoms with E-state index in [1.807, 2.05) is 6.20 Å². The molecule has 0 spiro atoms. The zero-order valence-corrected chi connectivity index (χ0v) is 14.8. The number of benzene rings is 1. The van der Waals surface area contributed by atoms with Crippen LogP contribution in [-0.4, -0.2) is 35.7 Å². The SMILES string of the molecule is CCC1=CN=C2O[C@H](C(C)(C)Oc3ccc4c(c3)CCC4)CN2C1. The highest BCUT2D eigenvalue weighted by atomic mass is 16.6. The van der Waals surface area contributed by atoms with Gasteiger partial charge in [-0.05, 0) is 68.4 Å². The average Bonchev–Trinajstić information content (AvgIpc) is 3.19. The molecule has 1 aromatic rings. The van der Waals surface area contributed by atoms with Crippen molar-refractivity contribution in [1.29, 1.82) is 0 Å². The fourth-order valence-electron chi connectivity index (χ4n) is 3.74. The third-order valence-corrected chi connectivity index (χ3v) is 5.34. The monoisotopic (exact) mass is 326 g/mol. The molecule has 24 heavy (non-hydrogen) atoms. The molecule has 128 valence electrons. The zero-order chi connectivity index (χ0) is 16.7. The molecule has 4 heteroatoms. The Labute approximate surface area is 144 Å². The summed E-state index contributed by atoms with van der Waals surface area (Å²) < 4.78 is 12.4. The Hall–Kier alpha value is -1.97. The summed E-state index contributed by atoms with van der Waals surface area (Å²) in [4.78, 5) is 6.68. The van der Waals surface area contributed by atoms with Crippen LogP contribution in [-0.2, 0) is 17.6 Å². The van der Waals surface area contributed by atoms with Crippen molar-refractivity contribution in [2.45, 2.75) is 58.2 Å². The maximum Gasteiger partial charge on any atom is 0.292 e. The van der Waals surface area contributed by atoms with Crippen LogP contribution in [0.4, 0.5) is 0 Å². The van der Waals surface area contributed by atoms with E-state index < -0.39 is 5.60 Å². The van der Waals surface area contributed by atoms with Gasteiger partial charge in [0.05, 0.1) is 6.54 Å². The van der Waals surface area contributed by atoms with E-state index in [2.05, 4.69) is 48.9 Å². The van der Waals surface area contributed by atoms with E-state index in [-0.39, 0.29) is 6.10 Å². The molecule has 2 heterocycles. The van der Waals surface area contributed by atoms with Crippen molar-refractivity contribution in [3.63, 3.8) is 0 Å². The molecule has 0 bridgehead atoms. The molecule has 4 nitrogen and oxygen atoms in total. The Morgan fingerprint density at radius 2 is 2.12 bits per heavy atom. The van der Waals surface area contributed by atoms with Gasteiger partial charge in [0.2, 0.25) is 0 Å². The normalized spacial score (nSPS) is 22.5. The highest BCUT2D eigenvalue weighted by Gasteiger charge is 2.42. The lowest BCUT2D eigenvalue weighted by Gasteiger charge is -2.31. The summed E-state index contributed by atoms with van der Waals surface area (Å²) in [6.07, 6.45) is 6.59. The molecule has 0 aromatic heterocycles. The lowest BCUT2D eigenvalue weighted by atomic mass is 10.0.